The normalized spacial score (nSPS) is 31.6. The molecule has 2 rings (SSSR count). The highest BCUT2D eigenvalue weighted by molar-refractivity contribution is 4.96. The van der Waals surface area contributed by atoms with Crippen molar-refractivity contribution in [2.24, 2.45) is 5.92 Å². The van der Waals surface area contributed by atoms with E-state index in [2.05, 4.69) is 37.9 Å². The number of piperidine rings is 2. The number of nitrogens with zero attached hydrogens (tertiary/aromatic N) is 1. The summed E-state index contributed by atoms with van der Waals surface area (Å²) in [4.78, 5) is 2.92. The van der Waals surface area contributed by atoms with Crippen LogP contribution in [0.2, 0.25) is 0 Å². The predicted octanol–water partition coefficient (Wildman–Crippen LogP) is 4.59. The number of rotatable bonds is 8. The van der Waals surface area contributed by atoms with Crippen molar-refractivity contribution in [1.82, 2.24) is 10.2 Å². The molecule has 0 amide bonds. The molecule has 2 heterocycles. The van der Waals surface area contributed by atoms with E-state index in [-0.39, 0.29) is 0 Å². The molecule has 3 atom stereocenters. The van der Waals surface area contributed by atoms with E-state index in [0.717, 1.165) is 30.1 Å². The highest BCUT2D eigenvalue weighted by Gasteiger charge is 2.39. The molecular formula is C19H38N2. The first-order chi connectivity index (χ1) is 10.1. The first kappa shape index (κ1) is 17.3. The van der Waals surface area contributed by atoms with Crippen LogP contribution in [-0.2, 0) is 0 Å². The van der Waals surface area contributed by atoms with E-state index in [9.17, 15) is 0 Å². The van der Waals surface area contributed by atoms with Crippen molar-refractivity contribution in [2.45, 2.75) is 110 Å². The third-order valence-electron chi connectivity index (χ3n) is 5.63. The summed E-state index contributed by atoms with van der Waals surface area (Å²) >= 11 is 0. The van der Waals surface area contributed by atoms with Gasteiger partial charge in [-0.15, -0.1) is 0 Å². The van der Waals surface area contributed by atoms with Crippen LogP contribution in [0.3, 0.4) is 0 Å². The Morgan fingerprint density at radius 1 is 1.05 bits per heavy atom. The lowest BCUT2D eigenvalue weighted by molar-refractivity contribution is -0.00851. The van der Waals surface area contributed by atoms with E-state index in [4.69, 9.17) is 0 Å². The molecule has 3 unspecified atom stereocenters. The molecule has 2 nitrogen and oxygen atoms in total. The van der Waals surface area contributed by atoms with Crippen molar-refractivity contribution >= 4 is 0 Å². The standard InChI is InChI=1S/C19H38N2/c1-5-12-20-17-13-18-10-7-11-19(14-17)21(18)16(4)9-6-8-15(2)3/h15-20H,5-14H2,1-4H3. The highest BCUT2D eigenvalue weighted by Crippen LogP contribution is 2.36. The number of hydrogen-bond acceptors (Lipinski definition) is 2. The second-order valence-corrected chi connectivity index (χ2v) is 7.98. The summed E-state index contributed by atoms with van der Waals surface area (Å²) in [6.45, 7) is 10.7. The van der Waals surface area contributed by atoms with Crippen LogP contribution in [0.15, 0.2) is 0 Å². The lowest BCUT2D eigenvalue weighted by Gasteiger charge is -2.52. The smallest absolute Gasteiger partial charge is 0.0116 e. The van der Waals surface area contributed by atoms with Gasteiger partial charge in [-0.1, -0.05) is 40.0 Å². The summed E-state index contributed by atoms with van der Waals surface area (Å²) in [6, 6.07) is 3.31. The zero-order chi connectivity index (χ0) is 15.2. The van der Waals surface area contributed by atoms with Gasteiger partial charge in [-0.2, -0.15) is 0 Å². The molecule has 2 heteroatoms. The van der Waals surface area contributed by atoms with Crippen molar-refractivity contribution in [3.05, 3.63) is 0 Å². The molecule has 0 spiro atoms. The summed E-state index contributed by atoms with van der Waals surface area (Å²) in [5, 5.41) is 3.79. The maximum Gasteiger partial charge on any atom is 0.0116 e. The van der Waals surface area contributed by atoms with Gasteiger partial charge in [0.2, 0.25) is 0 Å². The van der Waals surface area contributed by atoms with Gasteiger partial charge in [-0.3, -0.25) is 4.90 Å². The minimum Gasteiger partial charge on any atom is -0.314 e. The Labute approximate surface area is 133 Å². The molecule has 0 aromatic rings. The summed E-state index contributed by atoms with van der Waals surface area (Å²) in [5.41, 5.74) is 0. The molecular weight excluding hydrogens is 256 g/mol. The van der Waals surface area contributed by atoms with E-state index in [1.807, 2.05) is 0 Å². The fraction of sp³-hybridized carbons (Fsp3) is 1.00. The van der Waals surface area contributed by atoms with Crippen LogP contribution < -0.4 is 5.32 Å². The molecule has 0 aliphatic carbocycles. The monoisotopic (exact) mass is 294 g/mol. The first-order valence-corrected chi connectivity index (χ1v) is 9.62. The van der Waals surface area contributed by atoms with Crippen LogP contribution in [0, 0.1) is 5.92 Å². The lowest BCUT2D eigenvalue weighted by Crippen LogP contribution is -2.59. The molecule has 0 aromatic carbocycles. The van der Waals surface area contributed by atoms with Gasteiger partial charge in [0.1, 0.15) is 0 Å². The minimum absolute atomic E-state index is 0.791. The van der Waals surface area contributed by atoms with Crippen LogP contribution in [0.25, 0.3) is 0 Å². The maximum absolute atomic E-state index is 3.79. The van der Waals surface area contributed by atoms with Gasteiger partial charge in [0.05, 0.1) is 0 Å². The van der Waals surface area contributed by atoms with Crippen LogP contribution in [-0.4, -0.2) is 35.6 Å². The summed E-state index contributed by atoms with van der Waals surface area (Å²) < 4.78 is 0. The van der Waals surface area contributed by atoms with Crippen LogP contribution >= 0.6 is 0 Å². The second-order valence-electron chi connectivity index (χ2n) is 7.98. The van der Waals surface area contributed by atoms with E-state index >= 15 is 0 Å². The number of fused-ring (bicyclic) bond motifs is 2. The molecule has 2 fully saturated rings. The topological polar surface area (TPSA) is 15.3 Å². The van der Waals surface area contributed by atoms with E-state index in [1.165, 1.54) is 64.3 Å². The van der Waals surface area contributed by atoms with Gasteiger partial charge < -0.3 is 5.32 Å². The Morgan fingerprint density at radius 2 is 1.71 bits per heavy atom. The fourth-order valence-electron chi connectivity index (χ4n) is 4.62. The quantitative estimate of drug-likeness (QED) is 0.704. The van der Waals surface area contributed by atoms with Crippen molar-refractivity contribution in [3.8, 4) is 0 Å². The van der Waals surface area contributed by atoms with Gasteiger partial charge in [-0.05, 0) is 57.9 Å². The van der Waals surface area contributed by atoms with Crippen molar-refractivity contribution in [2.75, 3.05) is 6.54 Å². The molecule has 2 bridgehead atoms. The fourth-order valence-corrected chi connectivity index (χ4v) is 4.62. The summed E-state index contributed by atoms with van der Waals surface area (Å²) in [5.74, 6) is 0.862. The van der Waals surface area contributed by atoms with Gasteiger partial charge in [0.15, 0.2) is 0 Å². The zero-order valence-electron chi connectivity index (χ0n) is 14.9. The third-order valence-corrected chi connectivity index (χ3v) is 5.63. The van der Waals surface area contributed by atoms with Crippen LogP contribution in [0.5, 0.6) is 0 Å². The SMILES string of the molecule is CCCNC1CC2CCCC(C1)N2C(C)CCCC(C)C. The number of nitrogens with one attached hydrogen (secondary N) is 1. The average Bonchev–Trinajstić information content (AvgIpc) is 2.43. The Hall–Kier alpha value is -0.0800. The molecule has 1 N–H and O–H groups in total. The van der Waals surface area contributed by atoms with Gasteiger partial charge in [0, 0.05) is 24.2 Å². The van der Waals surface area contributed by atoms with Crippen molar-refractivity contribution < 1.29 is 0 Å². The van der Waals surface area contributed by atoms with Crippen molar-refractivity contribution in [3.63, 3.8) is 0 Å². The first-order valence-electron chi connectivity index (χ1n) is 9.62. The second kappa shape index (κ2) is 8.53. The van der Waals surface area contributed by atoms with Crippen LogP contribution in [0.4, 0.5) is 0 Å². The van der Waals surface area contributed by atoms with Crippen molar-refractivity contribution in [1.29, 1.82) is 0 Å². The average molecular weight is 295 g/mol. The summed E-state index contributed by atoms with van der Waals surface area (Å²) in [7, 11) is 0. The zero-order valence-corrected chi connectivity index (χ0v) is 14.9. The Kier molecular flexibility index (Phi) is 7.01. The number of hydrogen-bond donors (Lipinski definition) is 1. The van der Waals surface area contributed by atoms with E-state index in [1.54, 1.807) is 0 Å². The molecule has 2 saturated heterocycles. The molecule has 0 aromatic heterocycles. The maximum atomic E-state index is 3.79. The summed E-state index contributed by atoms with van der Waals surface area (Å²) in [6.07, 6.45) is 12.6. The Morgan fingerprint density at radius 3 is 2.29 bits per heavy atom. The molecule has 2 aliphatic rings. The third kappa shape index (κ3) is 4.96. The molecule has 0 radical (unpaired) electrons. The van der Waals surface area contributed by atoms with Crippen LogP contribution in [0.1, 0.15) is 85.5 Å². The van der Waals surface area contributed by atoms with Gasteiger partial charge in [-0.25, -0.2) is 0 Å². The highest BCUT2D eigenvalue weighted by atomic mass is 15.2. The molecule has 2 aliphatic heterocycles. The predicted molar refractivity (Wildman–Crippen MR) is 92.7 cm³/mol. The van der Waals surface area contributed by atoms with E-state index < -0.39 is 0 Å². The molecule has 21 heavy (non-hydrogen) atoms. The minimum atomic E-state index is 0.791. The lowest BCUT2D eigenvalue weighted by atomic mass is 9.80. The molecule has 0 saturated carbocycles. The molecule has 124 valence electrons. The Bertz CT molecular complexity index is 275. The largest absolute Gasteiger partial charge is 0.314 e. The van der Waals surface area contributed by atoms with E-state index in [0.29, 0.717) is 0 Å². The Balaban J connectivity index is 1.85. The van der Waals surface area contributed by atoms with Gasteiger partial charge in [0.25, 0.3) is 0 Å². The van der Waals surface area contributed by atoms with Gasteiger partial charge >= 0.3 is 0 Å².